The van der Waals surface area contributed by atoms with Crippen molar-refractivity contribution in [3.05, 3.63) is 77.5 Å². The second kappa shape index (κ2) is 9.09. The maximum Gasteiger partial charge on any atom is 0.416 e. The first-order valence-electron chi connectivity index (χ1n) is 8.61. The molecule has 0 aliphatic rings. The van der Waals surface area contributed by atoms with Crippen molar-refractivity contribution in [2.45, 2.75) is 32.6 Å². The Kier molecular flexibility index (Phi) is 6.83. The van der Waals surface area contributed by atoms with Gasteiger partial charge in [-0.1, -0.05) is 36.4 Å². The summed E-state index contributed by atoms with van der Waals surface area (Å²) < 4.78 is 38.4. The molecule has 0 aliphatic carbocycles. The van der Waals surface area contributed by atoms with Gasteiger partial charge in [0, 0.05) is 24.5 Å². The van der Waals surface area contributed by atoms with Crippen LogP contribution in [0.25, 0.3) is 0 Å². The Morgan fingerprint density at radius 2 is 1.86 bits per heavy atom. The van der Waals surface area contributed by atoms with Crippen LogP contribution in [0.5, 0.6) is 0 Å². The largest absolute Gasteiger partial charge is 0.416 e. The van der Waals surface area contributed by atoms with Crippen LogP contribution in [0, 0.1) is 11.3 Å². The minimum atomic E-state index is -4.52. The van der Waals surface area contributed by atoms with E-state index in [9.17, 15) is 23.2 Å². The van der Waals surface area contributed by atoms with Crippen LogP contribution in [0.4, 0.5) is 18.9 Å². The average Bonchev–Trinajstić information content (AvgIpc) is 2.65. The zero-order valence-electron chi connectivity index (χ0n) is 15.5. The SMILES string of the molecule is CC(C)N(/C=C(/C#N)C(=O)Nc1cccc(C(F)(F)F)c1)Cc1ccccc1. The van der Waals surface area contributed by atoms with Gasteiger partial charge in [0.2, 0.25) is 0 Å². The third kappa shape index (κ3) is 5.88. The highest BCUT2D eigenvalue weighted by atomic mass is 19.4. The molecular weight excluding hydrogens is 367 g/mol. The van der Waals surface area contributed by atoms with Crippen LogP contribution in [-0.4, -0.2) is 16.8 Å². The third-order valence-electron chi connectivity index (χ3n) is 3.98. The lowest BCUT2D eigenvalue weighted by Crippen LogP contribution is -2.27. The van der Waals surface area contributed by atoms with Gasteiger partial charge in [0.15, 0.2) is 0 Å². The van der Waals surface area contributed by atoms with Crippen molar-refractivity contribution in [3.8, 4) is 6.07 Å². The van der Waals surface area contributed by atoms with Crippen molar-refractivity contribution >= 4 is 11.6 Å². The highest BCUT2D eigenvalue weighted by Gasteiger charge is 2.30. The Bertz CT molecular complexity index is 884. The van der Waals surface area contributed by atoms with Gasteiger partial charge in [0.1, 0.15) is 11.6 Å². The van der Waals surface area contributed by atoms with E-state index in [1.165, 1.54) is 18.3 Å². The van der Waals surface area contributed by atoms with Crippen molar-refractivity contribution in [1.29, 1.82) is 5.26 Å². The lowest BCUT2D eigenvalue weighted by Gasteiger charge is -2.25. The van der Waals surface area contributed by atoms with Crippen molar-refractivity contribution in [2.75, 3.05) is 5.32 Å². The smallest absolute Gasteiger partial charge is 0.369 e. The van der Waals surface area contributed by atoms with Crippen LogP contribution in [0.3, 0.4) is 0 Å². The fourth-order valence-corrected chi connectivity index (χ4v) is 2.45. The highest BCUT2D eigenvalue weighted by molar-refractivity contribution is 6.06. The Morgan fingerprint density at radius 3 is 2.43 bits per heavy atom. The first-order chi connectivity index (χ1) is 13.2. The van der Waals surface area contributed by atoms with E-state index in [1.54, 1.807) is 0 Å². The molecule has 0 fully saturated rings. The molecule has 1 amide bonds. The summed E-state index contributed by atoms with van der Waals surface area (Å²) in [6.07, 6.45) is -3.08. The van der Waals surface area contributed by atoms with Crippen molar-refractivity contribution in [1.82, 2.24) is 4.90 Å². The van der Waals surface area contributed by atoms with E-state index in [1.807, 2.05) is 55.1 Å². The molecule has 28 heavy (non-hydrogen) atoms. The second-order valence-electron chi connectivity index (χ2n) is 6.44. The minimum absolute atomic E-state index is 0.00455. The number of carbonyl (C=O) groups excluding carboxylic acids is 1. The number of benzene rings is 2. The molecule has 0 unspecified atom stereocenters. The molecule has 0 spiro atoms. The van der Waals surface area contributed by atoms with E-state index < -0.39 is 17.6 Å². The van der Waals surface area contributed by atoms with Crippen LogP contribution < -0.4 is 5.32 Å². The Balaban J connectivity index is 2.20. The summed E-state index contributed by atoms with van der Waals surface area (Å²) >= 11 is 0. The van der Waals surface area contributed by atoms with Gasteiger partial charge in [-0.2, -0.15) is 18.4 Å². The van der Waals surface area contributed by atoms with Gasteiger partial charge in [-0.15, -0.1) is 0 Å². The number of nitrogens with zero attached hydrogens (tertiary/aromatic N) is 2. The van der Waals surface area contributed by atoms with Gasteiger partial charge in [0.05, 0.1) is 5.56 Å². The summed E-state index contributed by atoms with van der Waals surface area (Å²) in [5, 5.41) is 11.7. The number of alkyl halides is 3. The maximum absolute atomic E-state index is 12.8. The molecule has 0 heterocycles. The number of nitrogens with one attached hydrogen (secondary N) is 1. The molecule has 146 valence electrons. The standard InChI is InChI=1S/C21H20F3N3O/c1-15(2)27(13-16-7-4-3-5-8-16)14-17(12-25)20(28)26-19-10-6-9-18(11-19)21(22,23)24/h3-11,14-15H,13H2,1-2H3,(H,26,28)/b17-14-. The van der Waals surface area contributed by atoms with E-state index in [-0.39, 0.29) is 17.3 Å². The molecule has 4 nitrogen and oxygen atoms in total. The molecule has 0 saturated carbocycles. The number of amides is 1. The Labute approximate surface area is 161 Å². The van der Waals surface area contributed by atoms with Gasteiger partial charge in [-0.05, 0) is 37.6 Å². The lowest BCUT2D eigenvalue weighted by atomic mass is 10.1. The number of halogens is 3. The van der Waals surface area contributed by atoms with Gasteiger partial charge >= 0.3 is 6.18 Å². The van der Waals surface area contributed by atoms with Crippen LogP contribution >= 0.6 is 0 Å². The topological polar surface area (TPSA) is 56.1 Å². The zero-order valence-corrected chi connectivity index (χ0v) is 15.5. The van der Waals surface area contributed by atoms with Crippen LogP contribution in [0.2, 0.25) is 0 Å². The predicted molar refractivity (Wildman–Crippen MR) is 101 cm³/mol. The number of rotatable bonds is 6. The monoisotopic (exact) mass is 387 g/mol. The Morgan fingerprint density at radius 1 is 1.18 bits per heavy atom. The summed E-state index contributed by atoms with van der Waals surface area (Å²) in [4.78, 5) is 14.2. The molecular formula is C21H20F3N3O. The van der Waals surface area contributed by atoms with Crippen LogP contribution in [0.15, 0.2) is 66.4 Å². The molecule has 2 rings (SSSR count). The molecule has 1 N–H and O–H groups in total. The fraction of sp³-hybridized carbons (Fsp3) is 0.238. The summed E-state index contributed by atoms with van der Waals surface area (Å²) in [5.74, 6) is -0.763. The first-order valence-corrected chi connectivity index (χ1v) is 8.61. The number of hydrogen-bond donors (Lipinski definition) is 1. The van der Waals surface area contributed by atoms with E-state index in [0.29, 0.717) is 6.54 Å². The quantitative estimate of drug-likeness (QED) is 0.563. The van der Waals surface area contributed by atoms with E-state index >= 15 is 0 Å². The number of anilines is 1. The molecule has 0 aliphatic heterocycles. The molecule has 2 aromatic rings. The summed E-state index contributed by atoms with van der Waals surface area (Å²) in [6.45, 7) is 4.32. The second-order valence-corrected chi connectivity index (χ2v) is 6.44. The molecule has 0 bridgehead atoms. The Hall–Kier alpha value is -3.27. The van der Waals surface area contributed by atoms with Crippen LogP contribution in [0.1, 0.15) is 25.0 Å². The van der Waals surface area contributed by atoms with Gasteiger partial charge in [-0.25, -0.2) is 0 Å². The number of carbonyl (C=O) groups is 1. The van der Waals surface area contributed by atoms with Crippen molar-refractivity contribution in [3.63, 3.8) is 0 Å². The van der Waals surface area contributed by atoms with E-state index in [4.69, 9.17) is 0 Å². The molecule has 2 aromatic carbocycles. The molecule has 7 heteroatoms. The number of hydrogen-bond acceptors (Lipinski definition) is 3. The van der Waals surface area contributed by atoms with Gasteiger partial charge in [-0.3, -0.25) is 4.79 Å². The molecule has 0 radical (unpaired) electrons. The van der Waals surface area contributed by atoms with Gasteiger partial charge < -0.3 is 10.2 Å². The minimum Gasteiger partial charge on any atom is -0.369 e. The maximum atomic E-state index is 12.8. The summed E-state index contributed by atoms with van der Waals surface area (Å²) in [7, 11) is 0. The van der Waals surface area contributed by atoms with Crippen LogP contribution in [-0.2, 0) is 17.5 Å². The first kappa shape index (κ1) is 21.0. The third-order valence-corrected chi connectivity index (χ3v) is 3.98. The van der Waals surface area contributed by atoms with E-state index in [2.05, 4.69) is 5.32 Å². The normalized spacial score (nSPS) is 11.8. The fourth-order valence-electron chi connectivity index (χ4n) is 2.45. The molecule has 0 saturated heterocycles. The average molecular weight is 387 g/mol. The molecule has 0 aromatic heterocycles. The predicted octanol–water partition coefficient (Wildman–Crippen LogP) is 4.96. The van der Waals surface area contributed by atoms with Crippen molar-refractivity contribution in [2.24, 2.45) is 0 Å². The summed E-state index contributed by atoms with van der Waals surface area (Å²) in [6, 6.07) is 15.6. The lowest BCUT2D eigenvalue weighted by molar-refractivity contribution is -0.137. The summed E-state index contributed by atoms with van der Waals surface area (Å²) in [5.41, 5.74) is -0.0918. The highest BCUT2D eigenvalue weighted by Crippen LogP contribution is 2.30. The zero-order chi connectivity index (χ0) is 20.7. The van der Waals surface area contributed by atoms with Gasteiger partial charge in [0.25, 0.3) is 5.91 Å². The van der Waals surface area contributed by atoms with Crippen molar-refractivity contribution < 1.29 is 18.0 Å². The molecule has 0 atom stereocenters. The number of nitriles is 1. The van der Waals surface area contributed by atoms with E-state index in [0.717, 1.165) is 17.7 Å².